The molecular formula is C29H32ClF3N8. The lowest BCUT2D eigenvalue weighted by molar-refractivity contribution is 0.111. The van der Waals surface area contributed by atoms with Crippen LogP contribution in [0.5, 0.6) is 0 Å². The summed E-state index contributed by atoms with van der Waals surface area (Å²) in [6, 6.07) is 8.24. The predicted molar refractivity (Wildman–Crippen MR) is 153 cm³/mol. The number of rotatable bonds is 9. The summed E-state index contributed by atoms with van der Waals surface area (Å²) in [5.74, 6) is -1.27. The molecule has 3 atom stereocenters. The van der Waals surface area contributed by atoms with E-state index in [4.69, 9.17) is 11.6 Å². The lowest BCUT2D eigenvalue weighted by Gasteiger charge is -2.24. The van der Waals surface area contributed by atoms with Gasteiger partial charge in [-0.2, -0.15) is 9.65 Å². The third-order valence-electron chi connectivity index (χ3n) is 7.24. The van der Waals surface area contributed by atoms with Gasteiger partial charge in [0.25, 0.3) is 0 Å². The minimum Gasteiger partial charge on any atom is -0.383 e. The van der Waals surface area contributed by atoms with Gasteiger partial charge in [0.15, 0.2) is 0 Å². The highest BCUT2D eigenvalue weighted by Gasteiger charge is 2.45. The van der Waals surface area contributed by atoms with Crippen molar-refractivity contribution in [2.45, 2.75) is 46.6 Å². The first-order valence-corrected chi connectivity index (χ1v) is 13.8. The summed E-state index contributed by atoms with van der Waals surface area (Å²) in [4.78, 5) is 8.44. The average Bonchev–Trinajstić information content (AvgIpc) is 3.52. The first kappa shape index (κ1) is 28.8. The summed E-state index contributed by atoms with van der Waals surface area (Å²) in [5.41, 5.74) is 10.2. The Kier molecular flexibility index (Phi) is 7.90. The van der Waals surface area contributed by atoms with Crippen LogP contribution in [0, 0.1) is 41.5 Å². The Labute approximate surface area is 241 Å². The van der Waals surface area contributed by atoms with Crippen LogP contribution in [0.1, 0.15) is 50.1 Å². The second kappa shape index (κ2) is 11.3. The molecule has 1 aliphatic heterocycles. The zero-order chi connectivity index (χ0) is 29.5. The molecule has 1 aromatic carbocycles. The van der Waals surface area contributed by atoms with Crippen molar-refractivity contribution in [1.82, 2.24) is 25.9 Å². The summed E-state index contributed by atoms with van der Waals surface area (Å²) in [6.07, 6.45) is 1.49. The van der Waals surface area contributed by atoms with Gasteiger partial charge in [0.05, 0.1) is 33.5 Å². The second-order valence-corrected chi connectivity index (χ2v) is 12.2. The van der Waals surface area contributed by atoms with Crippen LogP contribution >= 0.6 is 11.6 Å². The van der Waals surface area contributed by atoms with Gasteiger partial charge in [-0.15, -0.1) is 5.53 Å². The Bertz CT molecular complexity index is 1530. The van der Waals surface area contributed by atoms with E-state index < -0.39 is 24.3 Å². The number of halogens is 4. The molecule has 4 N–H and O–H groups in total. The van der Waals surface area contributed by atoms with Crippen LogP contribution in [0.2, 0.25) is 5.02 Å². The number of aryl methyl sites for hydroxylation is 1. The molecule has 5 rings (SSSR count). The van der Waals surface area contributed by atoms with Crippen LogP contribution in [0.4, 0.5) is 24.5 Å². The third kappa shape index (κ3) is 6.44. The zero-order valence-corrected chi connectivity index (χ0v) is 24.0. The van der Waals surface area contributed by atoms with Gasteiger partial charge >= 0.3 is 0 Å². The standard InChI is InChI=1S/C29H32ClF3N8/c1-15-19(5-6-24(31)37-15)27(23-13-41(40-39-23)12-16-7-20(16)28(32)33)38-18-8-21-25(36-14-29(2,3)4)17(10-34)11-35-26(21)22(30)9-18/h5-6,8-9,11,13,16,20,27-28,38-40H,7,12,14H2,1-4H3,(H,35,36)/t16?,20?,27-/m0/s1. The smallest absolute Gasteiger partial charge is 0.241 e. The van der Waals surface area contributed by atoms with Gasteiger partial charge in [-0.1, -0.05) is 38.4 Å². The molecule has 0 amide bonds. The first-order valence-electron chi connectivity index (χ1n) is 13.4. The maximum absolute atomic E-state index is 13.9. The monoisotopic (exact) mass is 584 g/mol. The summed E-state index contributed by atoms with van der Waals surface area (Å²) < 4.78 is 40.0. The van der Waals surface area contributed by atoms with Crippen molar-refractivity contribution in [2.75, 3.05) is 23.7 Å². The van der Waals surface area contributed by atoms with Gasteiger partial charge in [0.1, 0.15) is 6.07 Å². The molecule has 2 unspecified atom stereocenters. The second-order valence-electron chi connectivity index (χ2n) is 11.8. The molecule has 3 heterocycles. The number of nitrogens with zero attached hydrogens (tertiary/aromatic N) is 4. The molecule has 3 aromatic rings. The van der Waals surface area contributed by atoms with Crippen LogP contribution in [0.15, 0.2) is 42.4 Å². The summed E-state index contributed by atoms with van der Waals surface area (Å²) in [7, 11) is 0. The van der Waals surface area contributed by atoms with Crippen molar-refractivity contribution in [2.24, 2.45) is 17.3 Å². The van der Waals surface area contributed by atoms with Gasteiger partial charge in [-0.3, -0.25) is 9.99 Å². The van der Waals surface area contributed by atoms with Crippen molar-refractivity contribution < 1.29 is 13.2 Å². The SMILES string of the molecule is Cc1nc(F)ccc1[C@H](Nc1cc(Cl)c2ncc(C#N)c(NCC(C)(C)C)c2c1)C1=CN(CC2CC2C(F)F)NN1. The van der Waals surface area contributed by atoms with E-state index >= 15 is 0 Å². The van der Waals surface area contributed by atoms with Gasteiger partial charge in [0.2, 0.25) is 12.4 Å². The van der Waals surface area contributed by atoms with Crippen LogP contribution < -0.4 is 21.6 Å². The van der Waals surface area contributed by atoms with E-state index in [0.29, 0.717) is 69.3 Å². The van der Waals surface area contributed by atoms with E-state index in [0.717, 1.165) is 0 Å². The number of pyridine rings is 2. The van der Waals surface area contributed by atoms with Crippen molar-refractivity contribution >= 4 is 33.9 Å². The molecule has 1 saturated carbocycles. The number of alkyl halides is 2. The number of anilines is 2. The highest BCUT2D eigenvalue weighted by Crippen LogP contribution is 2.44. The zero-order valence-electron chi connectivity index (χ0n) is 23.2. The van der Waals surface area contributed by atoms with Crippen molar-refractivity contribution in [3.05, 3.63) is 70.2 Å². The van der Waals surface area contributed by atoms with Crippen LogP contribution in [0.3, 0.4) is 0 Å². The van der Waals surface area contributed by atoms with Gasteiger partial charge in [0, 0.05) is 53.7 Å². The molecule has 0 radical (unpaired) electrons. The van der Waals surface area contributed by atoms with E-state index in [1.54, 1.807) is 24.1 Å². The fourth-order valence-electron chi connectivity index (χ4n) is 4.96. The van der Waals surface area contributed by atoms with E-state index in [-0.39, 0.29) is 11.3 Å². The molecule has 41 heavy (non-hydrogen) atoms. The number of hydrogen-bond donors (Lipinski definition) is 4. The fourth-order valence-corrected chi connectivity index (χ4v) is 5.23. The Hall–Kier alpha value is -3.75. The minimum atomic E-state index is -2.32. The maximum Gasteiger partial charge on any atom is 0.241 e. The quantitative estimate of drug-likeness (QED) is 0.218. The number of hydrogen-bond acceptors (Lipinski definition) is 8. The topological polar surface area (TPSA) is 101 Å². The molecule has 1 aliphatic carbocycles. The number of aromatic nitrogens is 2. The van der Waals surface area contributed by atoms with E-state index in [9.17, 15) is 18.4 Å². The Balaban J connectivity index is 1.51. The van der Waals surface area contributed by atoms with Crippen LogP contribution in [0.25, 0.3) is 10.9 Å². The highest BCUT2D eigenvalue weighted by atomic mass is 35.5. The molecule has 0 bridgehead atoms. The van der Waals surface area contributed by atoms with E-state index in [1.165, 1.54) is 12.3 Å². The molecule has 0 spiro atoms. The average molecular weight is 585 g/mol. The molecule has 2 aliphatic rings. The van der Waals surface area contributed by atoms with Crippen LogP contribution in [-0.4, -0.2) is 34.5 Å². The van der Waals surface area contributed by atoms with Crippen LogP contribution in [-0.2, 0) is 0 Å². The summed E-state index contributed by atoms with van der Waals surface area (Å²) in [6.45, 7) is 9.04. The fraction of sp³-hybridized carbons (Fsp3) is 0.414. The maximum atomic E-state index is 13.9. The summed E-state index contributed by atoms with van der Waals surface area (Å²) in [5, 5.41) is 19.5. The van der Waals surface area contributed by atoms with Gasteiger partial charge < -0.3 is 16.1 Å². The van der Waals surface area contributed by atoms with Gasteiger partial charge in [-0.25, -0.2) is 13.8 Å². The van der Waals surface area contributed by atoms with Crippen molar-refractivity contribution in [3.8, 4) is 6.07 Å². The normalized spacial score (nSPS) is 19.1. The van der Waals surface area contributed by atoms with Gasteiger partial charge in [-0.05, 0) is 42.9 Å². The summed E-state index contributed by atoms with van der Waals surface area (Å²) >= 11 is 6.70. The van der Waals surface area contributed by atoms with E-state index in [1.807, 2.05) is 12.3 Å². The lowest BCUT2D eigenvalue weighted by Crippen LogP contribution is -2.38. The third-order valence-corrected chi connectivity index (χ3v) is 7.53. The molecule has 216 valence electrons. The largest absolute Gasteiger partial charge is 0.383 e. The molecule has 0 saturated heterocycles. The minimum absolute atomic E-state index is 0.0462. The number of fused-ring (bicyclic) bond motifs is 1. The number of hydrazine groups is 2. The molecule has 8 nitrogen and oxygen atoms in total. The molecule has 12 heteroatoms. The lowest BCUT2D eigenvalue weighted by atomic mass is 9.96. The first-order chi connectivity index (χ1) is 19.4. The number of benzene rings is 1. The Morgan fingerprint density at radius 2 is 2.05 bits per heavy atom. The molecule has 1 fully saturated rings. The highest BCUT2D eigenvalue weighted by molar-refractivity contribution is 6.35. The molecule has 2 aromatic heterocycles. The predicted octanol–water partition coefficient (Wildman–Crippen LogP) is 6.28. The number of nitriles is 1. The Morgan fingerprint density at radius 3 is 2.71 bits per heavy atom. The molecular weight excluding hydrogens is 553 g/mol. The van der Waals surface area contributed by atoms with Crippen molar-refractivity contribution in [3.63, 3.8) is 0 Å². The number of nitrogens with one attached hydrogen (secondary N) is 4. The van der Waals surface area contributed by atoms with Crippen molar-refractivity contribution in [1.29, 1.82) is 5.26 Å². The Morgan fingerprint density at radius 1 is 1.27 bits per heavy atom. The van der Waals surface area contributed by atoms with E-state index in [2.05, 4.69) is 58.4 Å².